The van der Waals surface area contributed by atoms with Crippen molar-refractivity contribution in [1.82, 2.24) is 9.88 Å². The van der Waals surface area contributed by atoms with E-state index in [0.29, 0.717) is 47.6 Å². The number of nitrogens with zero attached hydrogens (tertiary/aromatic N) is 3. The molecular weight excluding hydrogens is 498 g/mol. The molecule has 0 spiro atoms. The summed E-state index contributed by atoms with van der Waals surface area (Å²) in [5, 5.41) is 1.05. The number of hydrogen-bond donors (Lipinski definition) is 0. The van der Waals surface area contributed by atoms with Gasteiger partial charge in [0.1, 0.15) is 11.5 Å². The molecule has 11 heteroatoms. The standard InChI is InChI=1S/C23H26ClN3O5S2/c1-31-18-4-6-19(7-5-18)34(29,30)16-22(28)27(10-2-9-26-11-13-32-14-12-26)23-25-20-8-3-17(24)15-21(20)33-23/h3-8,15H,2,9-14,16H2,1H3. The predicted molar refractivity (Wildman–Crippen MR) is 134 cm³/mol. The molecule has 8 nitrogen and oxygen atoms in total. The van der Waals surface area contributed by atoms with Crippen molar-refractivity contribution in [3.05, 3.63) is 47.5 Å². The van der Waals surface area contributed by atoms with Crippen LogP contribution in [0.5, 0.6) is 5.75 Å². The van der Waals surface area contributed by atoms with Crippen LogP contribution in [-0.2, 0) is 19.4 Å². The maximum atomic E-state index is 13.3. The fourth-order valence-electron chi connectivity index (χ4n) is 3.71. The lowest BCUT2D eigenvalue weighted by molar-refractivity contribution is -0.116. The van der Waals surface area contributed by atoms with Crippen molar-refractivity contribution in [2.75, 3.05) is 57.2 Å². The first-order valence-corrected chi connectivity index (χ1v) is 13.7. The fraction of sp³-hybridized carbons (Fsp3) is 0.391. The quantitative estimate of drug-likeness (QED) is 0.424. The maximum Gasteiger partial charge on any atom is 0.244 e. The van der Waals surface area contributed by atoms with Crippen molar-refractivity contribution in [2.24, 2.45) is 0 Å². The van der Waals surface area contributed by atoms with Gasteiger partial charge in [-0.25, -0.2) is 13.4 Å². The molecule has 0 aliphatic carbocycles. The van der Waals surface area contributed by atoms with E-state index in [-0.39, 0.29) is 4.90 Å². The van der Waals surface area contributed by atoms with Crippen LogP contribution in [0.1, 0.15) is 6.42 Å². The molecule has 1 amide bonds. The molecule has 0 bridgehead atoms. The summed E-state index contributed by atoms with van der Waals surface area (Å²) in [6.07, 6.45) is 0.686. The molecule has 0 radical (unpaired) electrons. The van der Waals surface area contributed by atoms with Crippen LogP contribution >= 0.6 is 22.9 Å². The Morgan fingerprint density at radius 1 is 1.21 bits per heavy atom. The first-order valence-electron chi connectivity index (χ1n) is 10.9. The van der Waals surface area contributed by atoms with Gasteiger partial charge in [0.25, 0.3) is 0 Å². The Labute approximate surface area is 208 Å². The van der Waals surface area contributed by atoms with Crippen molar-refractivity contribution in [2.45, 2.75) is 11.3 Å². The molecule has 0 unspecified atom stereocenters. The number of halogens is 1. The third-order valence-electron chi connectivity index (χ3n) is 5.56. The van der Waals surface area contributed by atoms with E-state index in [9.17, 15) is 13.2 Å². The summed E-state index contributed by atoms with van der Waals surface area (Å²) in [6, 6.07) is 11.4. The van der Waals surface area contributed by atoms with Gasteiger partial charge in [0, 0.05) is 31.2 Å². The van der Waals surface area contributed by atoms with Gasteiger partial charge in [-0.15, -0.1) is 0 Å². The lowest BCUT2D eigenvalue weighted by Gasteiger charge is -2.27. The number of amides is 1. The summed E-state index contributed by atoms with van der Waals surface area (Å²) >= 11 is 7.44. The van der Waals surface area contributed by atoms with Crippen molar-refractivity contribution < 1.29 is 22.7 Å². The number of carbonyl (C=O) groups excluding carboxylic acids is 1. The van der Waals surface area contributed by atoms with Crippen LogP contribution in [0.25, 0.3) is 10.2 Å². The zero-order valence-corrected chi connectivity index (χ0v) is 21.2. The number of aromatic nitrogens is 1. The van der Waals surface area contributed by atoms with Gasteiger partial charge < -0.3 is 9.47 Å². The highest BCUT2D eigenvalue weighted by Gasteiger charge is 2.27. The highest BCUT2D eigenvalue weighted by atomic mass is 35.5. The minimum absolute atomic E-state index is 0.0750. The molecule has 4 rings (SSSR count). The minimum atomic E-state index is -3.84. The largest absolute Gasteiger partial charge is 0.497 e. The van der Waals surface area contributed by atoms with E-state index in [4.69, 9.17) is 21.1 Å². The number of rotatable bonds is 9. The summed E-state index contributed by atoms with van der Waals surface area (Å²) < 4.78 is 37.3. The second-order valence-corrected chi connectivity index (χ2v) is 11.3. The van der Waals surface area contributed by atoms with E-state index >= 15 is 0 Å². The van der Waals surface area contributed by atoms with Crippen molar-refractivity contribution >= 4 is 54.0 Å². The number of morpholine rings is 1. The van der Waals surface area contributed by atoms with Crippen molar-refractivity contribution in [3.8, 4) is 5.75 Å². The fourth-order valence-corrected chi connectivity index (χ4v) is 6.20. The average Bonchev–Trinajstić information content (AvgIpc) is 3.24. The Morgan fingerprint density at radius 2 is 1.94 bits per heavy atom. The number of carbonyl (C=O) groups is 1. The van der Waals surface area contributed by atoms with Gasteiger partial charge in [-0.2, -0.15) is 0 Å². The Bertz CT molecular complexity index is 1240. The normalized spacial score (nSPS) is 14.9. The van der Waals surface area contributed by atoms with Crippen LogP contribution in [0.3, 0.4) is 0 Å². The molecule has 1 saturated heterocycles. The van der Waals surface area contributed by atoms with Crippen LogP contribution in [0.2, 0.25) is 5.02 Å². The molecule has 1 fully saturated rings. The number of thiazole rings is 1. The smallest absolute Gasteiger partial charge is 0.244 e. The number of fused-ring (bicyclic) bond motifs is 1. The SMILES string of the molecule is COc1ccc(S(=O)(=O)CC(=O)N(CCCN2CCOCC2)c2nc3ccc(Cl)cc3s2)cc1. The Kier molecular flexibility index (Phi) is 8.05. The molecule has 34 heavy (non-hydrogen) atoms. The van der Waals surface area contributed by atoms with Crippen LogP contribution in [0.4, 0.5) is 5.13 Å². The molecule has 3 aromatic rings. The molecule has 1 aromatic heterocycles. The summed E-state index contributed by atoms with van der Waals surface area (Å²) in [5.41, 5.74) is 0.716. The van der Waals surface area contributed by atoms with E-state index in [0.717, 1.165) is 24.3 Å². The summed E-state index contributed by atoms with van der Waals surface area (Å²) in [6.45, 7) is 4.23. The van der Waals surface area contributed by atoms with E-state index in [2.05, 4.69) is 9.88 Å². The zero-order valence-electron chi connectivity index (χ0n) is 18.8. The van der Waals surface area contributed by atoms with Gasteiger partial charge in [0.2, 0.25) is 5.91 Å². The molecule has 2 heterocycles. The number of anilines is 1. The van der Waals surface area contributed by atoms with E-state index in [1.54, 1.807) is 30.3 Å². The molecule has 1 aliphatic rings. The van der Waals surface area contributed by atoms with Gasteiger partial charge in [-0.3, -0.25) is 14.6 Å². The molecule has 2 aromatic carbocycles. The van der Waals surface area contributed by atoms with E-state index in [1.165, 1.54) is 35.5 Å². The second kappa shape index (κ2) is 11.0. The second-order valence-electron chi connectivity index (χ2n) is 7.90. The summed E-state index contributed by atoms with van der Waals surface area (Å²) in [4.78, 5) is 21.7. The molecule has 182 valence electrons. The highest BCUT2D eigenvalue weighted by molar-refractivity contribution is 7.92. The number of sulfone groups is 1. The topological polar surface area (TPSA) is 89.0 Å². The Hall–Kier alpha value is -2.24. The minimum Gasteiger partial charge on any atom is -0.497 e. The monoisotopic (exact) mass is 523 g/mol. The van der Waals surface area contributed by atoms with Crippen LogP contribution < -0.4 is 9.64 Å². The third kappa shape index (κ3) is 6.05. The predicted octanol–water partition coefficient (Wildman–Crippen LogP) is 3.49. The summed E-state index contributed by atoms with van der Waals surface area (Å²) in [7, 11) is -2.33. The molecular formula is C23H26ClN3O5S2. The lowest BCUT2D eigenvalue weighted by Crippen LogP contribution is -2.40. The van der Waals surface area contributed by atoms with Gasteiger partial charge >= 0.3 is 0 Å². The molecule has 0 atom stereocenters. The lowest BCUT2D eigenvalue weighted by atomic mass is 10.3. The maximum absolute atomic E-state index is 13.3. The molecule has 0 saturated carbocycles. The van der Waals surface area contributed by atoms with Gasteiger partial charge in [0.05, 0.1) is 35.4 Å². The first kappa shape index (κ1) is 24.9. The van der Waals surface area contributed by atoms with Crippen LogP contribution in [-0.4, -0.2) is 76.5 Å². The highest BCUT2D eigenvalue weighted by Crippen LogP contribution is 2.31. The first-order chi connectivity index (χ1) is 16.4. The number of benzene rings is 2. The van der Waals surface area contributed by atoms with Crippen LogP contribution in [0.15, 0.2) is 47.4 Å². The number of ether oxygens (including phenoxy) is 2. The number of hydrogen-bond acceptors (Lipinski definition) is 8. The molecule has 0 N–H and O–H groups in total. The van der Waals surface area contributed by atoms with E-state index in [1.807, 2.05) is 0 Å². The Morgan fingerprint density at radius 3 is 2.65 bits per heavy atom. The van der Waals surface area contributed by atoms with Crippen LogP contribution in [0, 0.1) is 0 Å². The van der Waals surface area contributed by atoms with Gasteiger partial charge in [-0.1, -0.05) is 22.9 Å². The molecule has 1 aliphatic heterocycles. The van der Waals surface area contributed by atoms with Crippen molar-refractivity contribution in [3.63, 3.8) is 0 Å². The zero-order chi connectivity index (χ0) is 24.1. The van der Waals surface area contributed by atoms with E-state index < -0.39 is 21.5 Å². The van der Waals surface area contributed by atoms with Crippen molar-refractivity contribution in [1.29, 1.82) is 0 Å². The summed E-state index contributed by atoms with van der Waals surface area (Å²) in [5.74, 6) is -0.612. The van der Waals surface area contributed by atoms with Gasteiger partial charge in [-0.05, 0) is 48.9 Å². The average molecular weight is 524 g/mol. The number of methoxy groups -OCH3 is 1. The third-order valence-corrected chi connectivity index (χ3v) is 8.46. The van der Waals surface area contributed by atoms with Gasteiger partial charge in [0.15, 0.2) is 15.0 Å². The Balaban J connectivity index is 1.54.